The number of amides is 2. The number of aromatic nitrogens is 2. The van der Waals surface area contributed by atoms with Gasteiger partial charge in [0.2, 0.25) is 17.8 Å². The molecule has 1 heterocycles. The molecule has 0 aliphatic heterocycles. The molecule has 3 rings (SSSR count). The van der Waals surface area contributed by atoms with Gasteiger partial charge in [0.15, 0.2) is 0 Å². The topological polar surface area (TPSA) is 99.2 Å². The van der Waals surface area contributed by atoms with Crippen molar-refractivity contribution in [3.05, 3.63) is 23.8 Å². The van der Waals surface area contributed by atoms with Gasteiger partial charge in [0.25, 0.3) is 0 Å². The maximum atomic E-state index is 12.2. The molecule has 2 atom stereocenters. The Balaban J connectivity index is 1.93. The number of ether oxygens (including phenoxy) is 1. The molecule has 1 fully saturated rings. The van der Waals surface area contributed by atoms with Crippen LogP contribution in [0.15, 0.2) is 18.2 Å². The number of nitrogens with two attached hydrogens (primary N) is 1. The van der Waals surface area contributed by atoms with Gasteiger partial charge in [0, 0.05) is 19.2 Å². The predicted octanol–water partition coefficient (Wildman–Crippen LogP) is 1.52. The predicted molar refractivity (Wildman–Crippen MR) is 86.1 cm³/mol. The van der Waals surface area contributed by atoms with Crippen molar-refractivity contribution >= 4 is 28.8 Å². The third-order valence-corrected chi connectivity index (χ3v) is 4.09. The van der Waals surface area contributed by atoms with Gasteiger partial charge >= 0.3 is 0 Å². The molecule has 7 heteroatoms. The fraction of sp³-hybridized carbons (Fsp3) is 0.438. The first-order chi connectivity index (χ1) is 11.0. The number of anilines is 1. The number of carbonyl (C=O) groups excluding carboxylic acids is 2. The van der Waals surface area contributed by atoms with Crippen LogP contribution >= 0.6 is 0 Å². The van der Waals surface area contributed by atoms with Crippen LogP contribution < -0.4 is 11.1 Å². The second-order valence-corrected chi connectivity index (χ2v) is 5.76. The Kier molecular flexibility index (Phi) is 4.04. The molecule has 3 N–H and O–H groups in total. The molecule has 23 heavy (non-hydrogen) atoms. The third-order valence-electron chi connectivity index (χ3n) is 4.09. The van der Waals surface area contributed by atoms with Gasteiger partial charge < -0.3 is 15.0 Å². The standard InChI is InChI=1S/C16H20N4O3/c1-3-6-20-12-5-4-9(14(17)21)7-11(12)18-16(20)19-15(22)10-8-13(10)23-2/h4-5,7,10,13H,3,6,8H2,1-2H3,(H2,17,21)(H,18,19,22)/t10-,13-/m0/s1. The molecule has 0 saturated heterocycles. The molecular weight excluding hydrogens is 296 g/mol. The van der Waals surface area contributed by atoms with Crippen molar-refractivity contribution in [1.29, 1.82) is 0 Å². The van der Waals surface area contributed by atoms with Crippen LogP contribution in [0.3, 0.4) is 0 Å². The van der Waals surface area contributed by atoms with Gasteiger partial charge in [-0.2, -0.15) is 0 Å². The molecule has 7 nitrogen and oxygen atoms in total. The zero-order valence-corrected chi connectivity index (χ0v) is 13.2. The molecule has 1 aliphatic carbocycles. The highest BCUT2D eigenvalue weighted by Crippen LogP contribution is 2.34. The first kappa shape index (κ1) is 15.5. The van der Waals surface area contributed by atoms with Gasteiger partial charge in [-0.1, -0.05) is 6.92 Å². The summed E-state index contributed by atoms with van der Waals surface area (Å²) in [4.78, 5) is 28.0. The summed E-state index contributed by atoms with van der Waals surface area (Å²) >= 11 is 0. The first-order valence-corrected chi connectivity index (χ1v) is 7.69. The largest absolute Gasteiger partial charge is 0.381 e. The second kappa shape index (κ2) is 6.00. The number of rotatable bonds is 6. The highest BCUT2D eigenvalue weighted by atomic mass is 16.5. The quantitative estimate of drug-likeness (QED) is 0.844. The van der Waals surface area contributed by atoms with Gasteiger partial charge in [-0.3, -0.25) is 14.9 Å². The minimum Gasteiger partial charge on any atom is -0.381 e. The van der Waals surface area contributed by atoms with Crippen molar-refractivity contribution in [3.8, 4) is 0 Å². The SMILES string of the molecule is CCCn1c(NC(=O)[C@H]2C[C@@H]2OC)nc2cc(C(N)=O)ccc21. The summed E-state index contributed by atoms with van der Waals surface area (Å²) in [7, 11) is 1.61. The van der Waals surface area contributed by atoms with Gasteiger partial charge in [-0.25, -0.2) is 4.98 Å². The average molecular weight is 316 g/mol. The minimum absolute atomic E-state index is 0.000433. The Hall–Kier alpha value is -2.41. The van der Waals surface area contributed by atoms with Gasteiger partial charge in [-0.15, -0.1) is 0 Å². The van der Waals surface area contributed by atoms with E-state index < -0.39 is 5.91 Å². The van der Waals surface area contributed by atoms with Crippen LogP contribution in [0.5, 0.6) is 0 Å². The number of nitrogens with zero attached hydrogens (tertiary/aromatic N) is 2. The van der Waals surface area contributed by atoms with E-state index in [1.807, 2.05) is 10.6 Å². The van der Waals surface area contributed by atoms with E-state index in [0.717, 1.165) is 24.9 Å². The fourth-order valence-corrected chi connectivity index (χ4v) is 2.74. The van der Waals surface area contributed by atoms with Crippen LogP contribution in [0.25, 0.3) is 11.0 Å². The van der Waals surface area contributed by atoms with E-state index in [0.29, 0.717) is 17.0 Å². The van der Waals surface area contributed by atoms with E-state index in [-0.39, 0.29) is 17.9 Å². The Morgan fingerprint density at radius 3 is 2.87 bits per heavy atom. The smallest absolute Gasteiger partial charge is 0.248 e. The number of aryl methyl sites for hydroxylation is 1. The van der Waals surface area contributed by atoms with Crippen LogP contribution in [0, 0.1) is 5.92 Å². The van der Waals surface area contributed by atoms with E-state index in [1.165, 1.54) is 0 Å². The highest BCUT2D eigenvalue weighted by Gasteiger charge is 2.43. The van der Waals surface area contributed by atoms with E-state index in [4.69, 9.17) is 10.5 Å². The lowest BCUT2D eigenvalue weighted by Gasteiger charge is -2.08. The molecule has 2 aromatic rings. The Morgan fingerprint density at radius 1 is 1.48 bits per heavy atom. The van der Waals surface area contributed by atoms with E-state index in [2.05, 4.69) is 17.2 Å². The van der Waals surface area contributed by atoms with Crippen LogP contribution in [0.2, 0.25) is 0 Å². The molecule has 122 valence electrons. The molecule has 0 unspecified atom stereocenters. The molecular formula is C16H20N4O3. The van der Waals surface area contributed by atoms with Crippen LogP contribution in [-0.4, -0.2) is 34.6 Å². The molecule has 1 aromatic carbocycles. The molecule has 1 aliphatic rings. The zero-order valence-electron chi connectivity index (χ0n) is 13.2. The summed E-state index contributed by atoms with van der Waals surface area (Å²) in [6.45, 7) is 2.78. The number of fused-ring (bicyclic) bond motifs is 1. The monoisotopic (exact) mass is 316 g/mol. The molecule has 2 amide bonds. The number of methoxy groups -OCH3 is 1. The Labute approximate surface area is 133 Å². The van der Waals surface area contributed by atoms with E-state index in [9.17, 15) is 9.59 Å². The highest BCUT2D eigenvalue weighted by molar-refractivity contribution is 5.98. The Morgan fingerprint density at radius 2 is 2.26 bits per heavy atom. The molecule has 0 radical (unpaired) electrons. The van der Waals surface area contributed by atoms with Crippen LogP contribution in [-0.2, 0) is 16.1 Å². The summed E-state index contributed by atoms with van der Waals surface area (Å²) in [5.74, 6) is -0.200. The number of imidazole rings is 1. The number of hydrogen-bond acceptors (Lipinski definition) is 4. The molecule has 0 bridgehead atoms. The zero-order chi connectivity index (χ0) is 16.6. The van der Waals surface area contributed by atoms with Gasteiger partial charge in [-0.05, 0) is 31.0 Å². The number of primary amides is 1. The fourth-order valence-electron chi connectivity index (χ4n) is 2.74. The van der Waals surface area contributed by atoms with Crippen molar-refractivity contribution in [1.82, 2.24) is 9.55 Å². The normalized spacial score (nSPS) is 19.7. The second-order valence-electron chi connectivity index (χ2n) is 5.76. The summed E-state index contributed by atoms with van der Waals surface area (Å²) in [5.41, 5.74) is 7.22. The lowest BCUT2D eigenvalue weighted by atomic mass is 10.2. The van der Waals surface area contributed by atoms with Crippen LogP contribution in [0.4, 0.5) is 5.95 Å². The summed E-state index contributed by atoms with van der Waals surface area (Å²) < 4.78 is 7.12. The molecule has 0 spiro atoms. The minimum atomic E-state index is -0.497. The first-order valence-electron chi connectivity index (χ1n) is 7.69. The van der Waals surface area contributed by atoms with Gasteiger partial charge in [0.1, 0.15) is 0 Å². The van der Waals surface area contributed by atoms with Crippen molar-refractivity contribution in [3.63, 3.8) is 0 Å². The van der Waals surface area contributed by atoms with Gasteiger partial charge in [0.05, 0.1) is 23.1 Å². The maximum absolute atomic E-state index is 12.2. The molecule has 1 aromatic heterocycles. The van der Waals surface area contributed by atoms with Crippen molar-refractivity contribution < 1.29 is 14.3 Å². The number of hydrogen-bond donors (Lipinski definition) is 2. The lowest BCUT2D eigenvalue weighted by molar-refractivity contribution is -0.118. The van der Waals surface area contributed by atoms with Crippen molar-refractivity contribution in [2.75, 3.05) is 12.4 Å². The Bertz CT molecular complexity index is 768. The summed E-state index contributed by atoms with van der Waals surface area (Å²) in [5, 5.41) is 2.88. The third kappa shape index (κ3) is 2.92. The van der Waals surface area contributed by atoms with Crippen molar-refractivity contribution in [2.45, 2.75) is 32.4 Å². The lowest BCUT2D eigenvalue weighted by Crippen LogP contribution is -2.19. The van der Waals surface area contributed by atoms with E-state index >= 15 is 0 Å². The maximum Gasteiger partial charge on any atom is 0.248 e. The summed E-state index contributed by atoms with van der Waals surface area (Å²) in [6.07, 6.45) is 1.64. The number of carbonyl (C=O) groups is 2. The summed E-state index contributed by atoms with van der Waals surface area (Å²) in [6, 6.07) is 5.13. The molecule has 1 saturated carbocycles. The number of nitrogens with one attached hydrogen (secondary N) is 1. The van der Waals surface area contributed by atoms with Crippen LogP contribution in [0.1, 0.15) is 30.1 Å². The van der Waals surface area contributed by atoms with Crippen molar-refractivity contribution in [2.24, 2.45) is 11.7 Å². The average Bonchev–Trinajstić information content (AvgIpc) is 3.25. The number of benzene rings is 1. The van der Waals surface area contributed by atoms with E-state index in [1.54, 1.807) is 19.2 Å².